The molecule has 5 N–H and O–H groups in total. The van der Waals surface area contributed by atoms with E-state index >= 15 is 0 Å². The van der Waals surface area contributed by atoms with Crippen molar-refractivity contribution in [3.05, 3.63) is 35.8 Å². The zero-order valence-electron chi connectivity index (χ0n) is 15.6. The van der Waals surface area contributed by atoms with E-state index in [1.54, 1.807) is 18.5 Å². The van der Waals surface area contributed by atoms with E-state index in [9.17, 15) is 9.18 Å². The van der Waals surface area contributed by atoms with E-state index in [2.05, 4.69) is 20.6 Å². The third kappa shape index (κ3) is 4.64. The molecule has 146 valence electrons. The molecule has 1 amide bonds. The highest BCUT2D eigenvalue weighted by Crippen LogP contribution is 2.27. The number of carbonyl (C=O) groups is 1. The van der Waals surface area contributed by atoms with Gasteiger partial charge in [0.25, 0.3) is 5.91 Å². The van der Waals surface area contributed by atoms with Crippen molar-refractivity contribution in [3.8, 4) is 11.1 Å². The second kappa shape index (κ2) is 8.49. The highest BCUT2D eigenvalue weighted by Gasteiger charge is 2.25. The smallest absolute Gasteiger partial charge is 0.267 e. The lowest BCUT2D eigenvalue weighted by Crippen LogP contribution is -2.39. The largest absolute Gasteiger partial charge is 0.378 e. The zero-order valence-corrected chi connectivity index (χ0v) is 15.6. The fourth-order valence-corrected chi connectivity index (χ4v) is 3.01. The molecule has 1 aliphatic heterocycles. The first-order valence-corrected chi connectivity index (χ1v) is 9.12. The maximum atomic E-state index is 14.0. The number of rotatable bonds is 6. The number of hydrogen-bond donors (Lipinski definition) is 4. The molecule has 0 aromatic carbocycles. The van der Waals surface area contributed by atoms with Gasteiger partial charge in [-0.25, -0.2) is 9.37 Å². The molecule has 0 radical (unpaired) electrons. The van der Waals surface area contributed by atoms with Crippen molar-refractivity contribution in [2.45, 2.75) is 38.5 Å². The summed E-state index contributed by atoms with van der Waals surface area (Å²) in [5, 5.41) is 5.98. The summed E-state index contributed by atoms with van der Waals surface area (Å²) >= 11 is 0. The fourth-order valence-electron chi connectivity index (χ4n) is 3.01. The van der Waals surface area contributed by atoms with E-state index < -0.39 is 6.17 Å². The second-order valence-electron chi connectivity index (χ2n) is 6.93. The standard InChI is InChI=1S/C19H26FN5O2/c1-11-8-23-18(25-16-3-4-27-10-15(16)20)6-14(11)13-5-17(22-9-13)19(26)24-12(2)7-21/h5-6,8-9,12,15-16,22H,3-4,7,10,21H2,1-2H3,(H,23,25)(H,24,26)/t12-,15-,16+/m0/s1. The number of amides is 1. The molecule has 8 heteroatoms. The number of halogens is 1. The van der Waals surface area contributed by atoms with Crippen LogP contribution in [0.3, 0.4) is 0 Å². The summed E-state index contributed by atoms with van der Waals surface area (Å²) in [5.74, 6) is 0.404. The maximum Gasteiger partial charge on any atom is 0.267 e. The van der Waals surface area contributed by atoms with Gasteiger partial charge in [-0.05, 0) is 43.5 Å². The Morgan fingerprint density at radius 2 is 2.33 bits per heavy atom. The van der Waals surface area contributed by atoms with E-state index in [0.29, 0.717) is 31.1 Å². The Morgan fingerprint density at radius 1 is 1.52 bits per heavy atom. The van der Waals surface area contributed by atoms with Crippen LogP contribution < -0.4 is 16.4 Å². The molecule has 0 saturated carbocycles. The molecular weight excluding hydrogens is 349 g/mol. The first-order valence-electron chi connectivity index (χ1n) is 9.12. The number of alkyl halides is 1. The Morgan fingerprint density at radius 3 is 3.07 bits per heavy atom. The van der Waals surface area contributed by atoms with Crippen molar-refractivity contribution in [2.24, 2.45) is 5.73 Å². The number of H-pyrrole nitrogens is 1. The van der Waals surface area contributed by atoms with Gasteiger partial charge in [0.2, 0.25) is 0 Å². The summed E-state index contributed by atoms with van der Waals surface area (Å²) in [5.41, 5.74) is 8.77. The predicted octanol–water partition coefficient (Wildman–Crippen LogP) is 2.00. The lowest BCUT2D eigenvalue weighted by Gasteiger charge is -2.27. The number of hydrogen-bond acceptors (Lipinski definition) is 5. The molecule has 1 saturated heterocycles. The van der Waals surface area contributed by atoms with E-state index in [1.165, 1.54) is 0 Å². The number of nitrogens with two attached hydrogens (primary N) is 1. The molecule has 0 aliphatic carbocycles. The molecule has 1 fully saturated rings. The summed E-state index contributed by atoms with van der Waals surface area (Å²) in [4.78, 5) is 19.6. The van der Waals surface area contributed by atoms with Gasteiger partial charge in [0.05, 0.1) is 12.6 Å². The van der Waals surface area contributed by atoms with Gasteiger partial charge in [-0.1, -0.05) is 0 Å². The van der Waals surface area contributed by atoms with Gasteiger partial charge in [0.15, 0.2) is 0 Å². The number of aromatic amines is 1. The van der Waals surface area contributed by atoms with Crippen LogP contribution in [0.15, 0.2) is 24.5 Å². The molecule has 3 heterocycles. The van der Waals surface area contributed by atoms with Crippen molar-refractivity contribution in [2.75, 3.05) is 25.1 Å². The minimum atomic E-state index is -1.06. The van der Waals surface area contributed by atoms with Gasteiger partial charge in [0, 0.05) is 37.2 Å². The maximum absolute atomic E-state index is 14.0. The quantitative estimate of drug-likeness (QED) is 0.618. The van der Waals surface area contributed by atoms with E-state index in [4.69, 9.17) is 10.5 Å². The van der Waals surface area contributed by atoms with Crippen molar-refractivity contribution < 1.29 is 13.9 Å². The lowest BCUT2D eigenvalue weighted by molar-refractivity contribution is 0.0285. The predicted molar refractivity (Wildman–Crippen MR) is 102 cm³/mol. The number of aromatic nitrogens is 2. The third-order valence-electron chi connectivity index (χ3n) is 4.69. The van der Waals surface area contributed by atoms with Gasteiger partial charge in [-0.2, -0.15) is 0 Å². The van der Waals surface area contributed by atoms with E-state index in [0.717, 1.165) is 16.7 Å². The molecule has 2 aromatic rings. The Balaban J connectivity index is 1.77. The molecular formula is C19H26FN5O2. The number of aryl methyl sites for hydroxylation is 1. The SMILES string of the molecule is Cc1cnc(N[C@@H]2CCOC[C@@H]2F)cc1-c1c[nH]c(C(=O)N[C@@H](C)CN)c1. The highest BCUT2D eigenvalue weighted by atomic mass is 19.1. The number of pyridine rings is 1. The molecule has 27 heavy (non-hydrogen) atoms. The number of ether oxygens (including phenoxy) is 1. The van der Waals surface area contributed by atoms with Crippen LogP contribution in [0.2, 0.25) is 0 Å². The molecule has 0 spiro atoms. The molecule has 7 nitrogen and oxygen atoms in total. The van der Waals surface area contributed by atoms with Gasteiger partial charge in [-0.15, -0.1) is 0 Å². The first kappa shape index (κ1) is 19.3. The Bertz CT molecular complexity index is 794. The van der Waals surface area contributed by atoms with Gasteiger partial charge < -0.3 is 26.1 Å². The molecule has 1 aliphatic rings. The van der Waals surface area contributed by atoms with Gasteiger partial charge in [-0.3, -0.25) is 4.79 Å². The Hall–Kier alpha value is -2.45. The fraction of sp³-hybridized carbons (Fsp3) is 0.474. The number of nitrogens with one attached hydrogen (secondary N) is 3. The Kier molecular flexibility index (Phi) is 6.08. The van der Waals surface area contributed by atoms with Crippen molar-refractivity contribution in [1.29, 1.82) is 0 Å². The zero-order chi connectivity index (χ0) is 19.4. The summed E-state index contributed by atoms with van der Waals surface area (Å²) in [6, 6.07) is 3.25. The van der Waals surface area contributed by atoms with Crippen LogP contribution in [0, 0.1) is 6.92 Å². The monoisotopic (exact) mass is 375 g/mol. The first-order chi connectivity index (χ1) is 13.0. The average molecular weight is 375 g/mol. The van der Waals surface area contributed by atoms with Crippen LogP contribution in [-0.4, -0.2) is 53.9 Å². The van der Waals surface area contributed by atoms with Gasteiger partial charge >= 0.3 is 0 Å². The third-order valence-corrected chi connectivity index (χ3v) is 4.69. The summed E-state index contributed by atoms with van der Waals surface area (Å²) in [6.07, 6.45) is 3.06. The van der Waals surface area contributed by atoms with Crippen LogP contribution in [0.4, 0.5) is 10.2 Å². The average Bonchev–Trinajstić information content (AvgIpc) is 3.15. The summed E-state index contributed by atoms with van der Waals surface area (Å²) in [6.45, 7) is 4.81. The normalized spacial score (nSPS) is 20.9. The van der Waals surface area contributed by atoms with Crippen LogP contribution in [-0.2, 0) is 4.74 Å². The molecule has 0 bridgehead atoms. The van der Waals surface area contributed by atoms with Crippen molar-refractivity contribution in [3.63, 3.8) is 0 Å². The van der Waals surface area contributed by atoms with E-state index in [-0.39, 0.29) is 24.6 Å². The lowest BCUT2D eigenvalue weighted by atomic mass is 10.0. The van der Waals surface area contributed by atoms with Gasteiger partial charge in [0.1, 0.15) is 17.7 Å². The minimum absolute atomic E-state index is 0.101. The highest BCUT2D eigenvalue weighted by molar-refractivity contribution is 5.94. The topological polar surface area (TPSA) is 105 Å². The van der Waals surface area contributed by atoms with Crippen LogP contribution in [0.1, 0.15) is 29.4 Å². The molecule has 3 rings (SSSR count). The summed E-state index contributed by atoms with van der Waals surface area (Å²) < 4.78 is 19.1. The van der Waals surface area contributed by atoms with Crippen molar-refractivity contribution >= 4 is 11.7 Å². The Labute approximate surface area is 157 Å². The van der Waals surface area contributed by atoms with Crippen LogP contribution in [0.25, 0.3) is 11.1 Å². The molecule has 3 atom stereocenters. The van der Waals surface area contributed by atoms with Crippen LogP contribution >= 0.6 is 0 Å². The summed E-state index contributed by atoms with van der Waals surface area (Å²) in [7, 11) is 0. The number of nitrogens with zero attached hydrogens (tertiary/aromatic N) is 1. The minimum Gasteiger partial charge on any atom is -0.378 e. The molecule has 0 unspecified atom stereocenters. The van der Waals surface area contributed by atoms with Crippen LogP contribution in [0.5, 0.6) is 0 Å². The molecule has 2 aromatic heterocycles. The van der Waals surface area contributed by atoms with Crippen molar-refractivity contribution in [1.82, 2.24) is 15.3 Å². The second-order valence-corrected chi connectivity index (χ2v) is 6.93. The number of carbonyl (C=O) groups excluding carboxylic acids is 1. The number of anilines is 1. The van der Waals surface area contributed by atoms with E-state index in [1.807, 2.05) is 19.9 Å².